The fourth-order valence-corrected chi connectivity index (χ4v) is 2.46. The molecule has 0 amide bonds. The van der Waals surface area contributed by atoms with Crippen LogP contribution >= 0.6 is 11.3 Å². The summed E-state index contributed by atoms with van der Waals surface area (Å²) in [7, 11) is 0. The van der Waals surface area contributed by atoms with Crippen LogP contribution in [0.4, 0.5) is 5.13 Å². The molecule has 1 heterocycles. The van der Waals surface area contributed by atoms with Gasteiger partial charge >= 0.3 is 0 Å². The van der Waals surface area contributed by atoms with Gasteiger partial charge in [0.2, 0.25) is 5.13 Å². The lowest BCUT2D eigenvalue weighted by Gasteiger charge is -2.06. The Kier molecular flexibility index (Phi) is 4.68. The predicted octanol–water partition coefficient (Wildman–Crippen LogP) is 4.64. The first-order chi connectivity index (χ1) is 9.20. The molecule has 2 rings (SSSR count). The second-order valence-electron chi connectivity index (χ2n) is 4.63. The minimum absolute atomic E-state index is 0.464. The molecule has 2 aromatic rings. The third-order valence-corrected chi connectivity index (χ3v) is 3.64. The summed E-state index contributed by atoms with van der Waals surface area (Å²) in [5, 5.41) is 7.32. The van der Waals surface area contributed by atoms with Crippen LogP contribution in [0.15, 0.2) is 40.8 Å². The molecule has 4 heteroatoms. The Morgan fingerprint density at radius 1 is 1.32 bits per heavy atom. The van der Waals surface area contributed by atoms with Crippen molar-refractivity contribution in [2.75, 3.05) is 5.43 Å². The Bertz CT molecular complexity index is 544. The van der Waals surface area contributed by atoms with E-state index in [1.807, 2.05) is 23.6 Å². The zero-order chi connectivity index (χ0) is 13.7. The maximum atomic E-state index is 4.55. The van der Waals surface area contributed by atoms with Gasteiger partial charge in [-0.1, -0.05) is 51.1 Å². The van der Waals surface area contributed by atoms with Crippen LogP contribution in [0.1, 0.15) is 27.2 Å². The van der Waals surface area contributed by atoms with Gasteiger partial charge in [-0.2, -0.15) is 5.10 Å². The lowest BCUT2D eigenvalue weighted by molar-refractivity contribution is 0.853. The van der Waals surface area contributed by atoms with Crippen molar-refractivity contribution < 1.29 is 0 Å². The molecular weight excluding hydrogens is 254 g/mol. The highest BCUT2D eigenvalue weighted by Gasteiger charge is 2.05. The summed E-state index contributed by atoms with van der Waals surface area (Å²) in [5.41, 5.74) is 6.35. The first-order valence-corrected chi connectivity index (χ1v) is 7.42. The molecule has 0 saturated carbocycles. The fourth-order valence-electron chi connectivity index (χ4n) is 1.80. The number of nitrogens with zero attached hydrogens (tertiary/aromatic N) is 2. The summed E-state index contributed by atoms with van der Waals surface area (Å²) in [5.74, 6) is 0.464. The summed E-state index contributed by atoms with van der Waals surface area (Å²) < 4.78 is 0. The molecular formula is C15H19N3S. The van der Waals surface area contributed by atoms with E-state index in [1.54, 1.807) is 11.3 Å². The molecule has 0 radical (unpaired) electrons. The lowest BCUT2D eigenvalue weighted by Crippen LogP contribution is -2.08. The van der Waals surface area contributed by atoms with Crippen molar-refractivity contribution in [3.8, 4) is 11.3 Å². The molecule has 0 atom stereocenters. The molecule has 1 N–H and O–H groups in total. The molecule has 0 saturated heterocycles. The van der Waals surface area contributed by atoms with Crippen molar-refractivity contribution in [1.82, 2.24) is 4.98 Å². The van der Waals surface area contributed by atoms with Gasteiger partial charge in [0.15, 0.2) is 0 Å². The Hall–Kier alpha value is -1.68. The fraction of sp³-hybridized carbons (Fsp3) is 0.333. The van der Waals surface area contributed by atoms with Gasteiger partial charge < -0.3 is 0 Å². The Balaban J connectivity index is 2.10. The minimum Gasteiger partial charge on any atom is -0.253 e. The van der Waals surface area contributed by atoms with Crippen molar-refractivity contribution in [3.05, 3.63) is 35.7 Å². The number of benzene rings is 1. The summed E-state index contributed by atoms with van der Waals surface area (Å²) in [6.45, 7) is 6.43. The zero-order valence-electron chi connectivity index (χ0n) is 11.6. The summed E-state index contributed by atoms with van der Waals surface area (Å²) in [6, 6.07) is 10.2. The Morgan fingerprint density at radius 3 is 2.68 bits per heavy atom. The van der Waals surface area contributed by atoms with Crippen LogP contribution in [0.3, 0.4) is 0 Å². The summed E-state index contributed by atoms with van der Waals surface area (Å²) >= 11 is 1.58. The van der Waals surface area contributed by atoms with Gasteiger partial charge in [-0.05, 0) is 12.3 Å². The van der Waals surface area contributed by atoms with E-state index in [0.29, 0.717) is 5.92 Å². The van der Waals surface area contributed by atoms with Crippen molar-refractivity contribution >= 4 is 22.2 Å². The monoisotopic (exact) mass is 273 g/mol. The molecule has 0 aliphatic rings. The van der Waals surface area contributed by atoms with Gasteiger partial charge in [0.25, 0.3) is 0 Å². The van der Waals surface area contributed by atoms with E-state index in [9.17, 15) is 0 Å². The van der Waals surface area contributed by atoms with Gasteiger partial charge in [-0.15, -0.1) is 11.3 Å². The maximum Gasteiger partial charge on any atom is 0.203 e. The highest BCUT2D eigenvalue weighted by molar-refractivity contribution is 7.14. The molecule has 0 unspecified atom stereocenters. The first-order valence-electron chi connectivity index (χ1n) is 6.54. The van der Waals surface area contributed by atoms with Gasteiger partial charge in [0, 0.05) is 16.7 Å². The lowest BCUT2D eigenvalue weighted by atomic mass is 10.1. The largest absolute Gasteiger partial charge is 0.253 e. The SMILES string of the molecule is CC/C(=N/Nc1nc(-c2ccccc2)cs1)C(C)C. The van der Waals surface area contributed by atoms with Crippen LogP contribution in [0.5, 0.6) is 0 Å². The average Bonchev–Trinajstić information content (AvgIpc) is 2.89. The molecule has 1 aromatic heterocycles. The van der Waals surface area contributed by atoms with Crippen molar-refractivity contribution in [3.63, 3.8) is 0 Å². The molecule has 0 aliphatic heterocycles. The van der Waals surface area contributed by atoms with E-state index >= 15 is 0 Å². The van der Waals surface area contributed by atoms with E-state index in [1.165, 1.54) is 0 Å². The number of nitrogens with one attached hydrogen (secondary N) is 1. The minimum atomic E-state index is 0.464. The topological polar surface area (TPSA) is 37.3 Å². The molecule has 0 bridgehead atoms. The Morgan fingerprint density at radius 2 is 2.05 bits per heavy atom. The standard InChI is InChI=1S/C15H19N3S/c1-4-13(11(2)3)17-18-15-16-14(10-19-15)12-8-6-5-7-9-12/h5-11H,4H2,1-3H3,(H,16,18)/b17-13-. The molecule has 1 aromatic carbocycles. The normalized spacial score (nSPS) is 11.9. The van der Waals surface area contributed by atoms with Crippen LogP contribution in [-0.2, 0) is 0 Å². The van der Waals surface area contributed by atoms with E-state index < -0.39 is 0 Å². The number of rotatable bonds is 5. The van der Waals surface area contributed by atoms with Crippen LogP contribution in [0.2, 0.25) is 0 Å². The number of thiazole rings is 1. The second-order valence-corrected chi connectivity index (χ2v) is 5.49. The molecule has 0 aliphatic carbocycles. The van der Waals surface area contributed by atoms with E-state index in [2.05, 4.69) is 48.4 Å². The molecule has 0 spiro atoms. The third kappa shape index (κ3) is 3.64. The third-order valence-electron chi connectivity index (χ3n) is 2.90. The number of hydrogen-bond acceptors (Lipinski definition) is 4. The van der Waals surface area contributed by atoms with Crippen LogP contribution in [0.25, 0.3) is 11.3 Å². The van der Waals surface area contributed by atoms with Gasteiger partial charge in [0.1, 0.15) is 0 Å². The number of hydrogen-bond donors (Lipinski definition) is 1. The van der Waals surface area contributed by atoms with E-state index in [0.717, 1.165) is 28.5 Å². The van der Waals surface area contributed by atoms with Crippen LogP contribution in [0, 0.1) is 5.92 Å². The highest BCUT2D eigenvalue weighted by atomic mass is 32.1. The van der Waals surface area contributed by atoms with Gasteiger partial charge in [-0.3, -0.25) is 5.43 Å². The van der Waals surface area contributed by atoms with E-state index in [4.69, 9.17) is 0 Å². The number of hydrazone groups is 1. The number of anilines is 1. The summed E-state index contributed by atoms with van der Waals surface area (Å²) in [4.78, 5) is 4.55. The Labute approximate surface area is 118 Å². The zero-order valence-corrected chi connectivity index (χ0v) is 12.4. The smallest absolute Gasteiger partial charge is 0.203 e. The maximum absolute atomic E-state index is 4.55. The van der Waals surface area contributed by atoms with Crippen LogP contribution < -0.4 is 5.43 Å². The number of aromatic nitrogens is 1. The average molecular weight is 273 g/mol. The van der Waals surface area contributed by atoms with Crippen molar-refractivity contribution in [2.45, 2.75) is 27.2 Å². The highest BCUT2D eigenvalue weighted by Crippen LogP contribution is 2.24. The predicted molar refractivity (Wildman–Crippen MR) is 83.7 cm³/mol. The van der Waals surface area contributed by atoms with Gasteiger partial charge in [0.05, 0.1) is 5.69 Å². The van der Waals surface area contributed by atoms with Gasteiger partial charge in [-0.25, -0.2) is 4.98 Å². The van der Waals surface area contributed by atoms with Crippen molar-refractivity contribution in [2.24, 2.45) is 11.0 Å². The van der Waals surface area contributed by atoms with E-state index in [-0.39, 0.29) is 0 Å². The first kappa shape index (κ1) is 13.7. The second kappa shape index (κ2) is 6.48. The molecule has 0 fully saturated rings. The summed E-state index contributed by atoms with van der Waals surface area (Å²) in [6.07, 6.45) is 0.960. The molecule has 19 heavy (non-hydrogen) atoms. The molecule has 100 valence electrons. The van der Waals surface area contributed by atoms with Crippen LogP contribution in [-0.4, -0.2) is 10.7 Å². The quantitative estimate of drug-likeness (QED) is 0.636. The molecule has 3 nitrogen and oxygen atoms in total. The van der Waals surface area contributed by atoms with Crippen molar-refractivity contribution in [1.29, 1.82) is 0 Å².